The van der Waals surface area contributed by atoms with Crippen LogP contribution in [-0.2, 0) is 16.0 Å². The third kappa shape index (κ3) is 8.52. The first-order chi connectivity index (χ1) is 13.8. The molecule has 0 saturated carbocycles. The number of hydrogen-bond donors (Lipinski definition) is 2. The molecule has 2 heterocycles. The van der Waals surface area contributed by atoms with Gasteiger partial charge in [0.25, 0.3) is 0 Å². The topological polar surface area (TPSA) is 58.1 Å². The fourth-order valence-electron chi connectivity index (χ4n) is 3.40. The highest BCUT2D eigenvalue weighted by Gasteiger charge is 2.15. The van der Waals surface area contributed by atoms with Gasteiger partial charge in [0.05, 0.1) is 19.8 Å². The molecule has 1 saturated heterocycles. The minimum Gasteiger partial charge on any atom is -0.381 e. The Hall–Kier alpha value is -1.32. The molecular weight excluding hydrogens is 479 g/mol. The summed E-state index contributed by atoms with van der Waals surface area (Å²) in [6.45, 7) is 9.77. The van der Waals surface area contributed by atoms with E-state index in [4.69, 9.17) is 14.5 Å². The van der Waals surface area contributed by atoms with Gasteiger partial charge in [0.2, 0.25) is 0 Å². The van der Waals surface area contributed by atoms with E-state index in [2.05, 4.69) is 58.9 Å². The maximum atomic E-state index is 5.76. The van der Waals surface area contributed by atoms with Crippen molar-refractivity contribution in [2.75, 3.05) is 57.5 Å². The summed E-state index contributed by atoms with van der Waals surface area (Å²) in [6.07, 6.45) is 6.52. The van der Waals surface area contributed by atoms with Crippen LogP contribution in [-0.4, -0.2) is 58.6 Å². The van der Waals surface area contributed by atoms with E-state index in [-0.39, 0.29) is 24.0 Å². The molecule has 0 radical (unpaired) electrons. The molecule has 1 atom stereocenters. The van der Waals surface area contributed by atoms with Crippen LogP contribution in [0, 0.1) is 5.92 Å². The van der Waals surface area contributed by atoms with Gasteiger partial charge in [0.1, 0.15) is 0 Å². The highest BCUT2D eigenvalue weighted by atomic mass is 127. The van der Waals surface area contributed by atoms with Crippen molar-refractivity contribution < 1.29 is 9.47 Å². The van der Waals surface area contributed by atoms with Crippen LogP contribution < -0.4 is 15.5 Å². The van der Waals surface area contributed by atoms with Crippen LogP contribution in [0.15, 0.2) is 41.4 Å². The fourth-order valence-corrected chi connectivity index (χ4v) is 3.40. The normalized spacial score (nSPS) is 18.7. The van der Waals surface area contributed by atoms with Crippen LogP contribution in [0.4, 0.5) is 5.69 Å². The highest BCUT2D eigenvalue weighted by molar-refractivity contribution is 14.0. The highest BCUT2D eigenvalue weighted by Crippen LogP contribution is 2.19. The molecule has 29 heavy (non-hydrogen) atoms. The average Bonchev–Trinajstić information content (AvgIpc) is 3.43. The number of ether oxygens (including phenoxy) is 2. The maximum Gasteiger partial charge on any atom is 0.191 e. The van der Waals surface area contributed by atoms with Crippen molar-refractivity contribution in [3.63, 3.8) is 0 Å². The first-order valence-corrected chi connectivity index (χ1v) is 10.5. The summed E-state index contributed by atoms with van der Waals surface area (Å²) >= 11 is 0. The predicted molar refractivity (Wildman–Crippen MR) is 130 cm³/mol. The van der Waals surface area contributed by atoms with Crippen molar-refractivity contribution in [3.05, 3.63) is 42.0 Å². The number of nitrogens with zero attached hydrogens (tertiary/aromatic N) is 2. The molecule has 162 valence electrons. The lowest BCUT2D eigenvalue weighted by Crippen LogP contribution is -2.38. The van der Waals surface area contributed by atoms with Crippen LogP contribution in [0.5, 0.6) is 0 Å². The molecule has 0 spiro atoms. The Balaban J connectivity index is 0.00000300. The van der Waals surface area contributed by atoms with Gasteiger partial charge in [-0.2, -0.15) is 0 Å². The minimum atomic E-state index is 0. The molecule has 7 heteroatoms. The molecule has 0 amide bonds. The average molecular weight is 514 g/mol. The summed E-state index contributed by atoms with van der Waals surface area (Å²) in [5, 5.41) is 6.72. The summed E-state index contributed by atoms with van der Waals surface area (Å²) < 4.78 is 11.1. The van der Waals surface area contributed by atoms with Gasteiger partial charge < -0.3 is 25.0 Å². The predicted octanol–water partition coefficient (Wildman–Crippen LogP) is 3.18. The first-order valence-electron chi connectivity index (χ1n) is 10.5. The van der Waals surface area contributed by atoms with E-state index in [1.165, 1.54) is 11.3 Å². The Morgan fingerprint density at radius 3 is 2.90 bits per heavy atom. The first kappa shape index (κ1) is 24.0. The molecule has 2 N–H and O–H groups in total. The number of hydrogen-bond acceptors (Lipinski definition) is 4. The zero-order chi connectivity index (χ0) is 19.4. The van der Waals surface area contributed by atoms with Crippen LogP contribution >= 0.6 is 24.0 Å². The van der Waals surface area contributed by atoms with E-state index in [0.717, 1.165) is 71.4 Å². The number of nitrogens with one attached hydrogen (secondary N) is 2. The summed E-state index contributed by atoms with van der Waals surface area (Å²) in [5.74, 6) is 1.44. The Morgan fingerprint density at radius 2 is 2.14 bits per heavy atom. The van der Waals surface area contributed by atoms with Crippen LogP contribution in [0.2, 0.25) is 0 Å². The van der Waals surface area contributed by atoms with Crippen molar-refractivity contribution in [3.8, 4) is 0 Å². The standard InChI is InChI=1S/C22H34N4O2.HI/c1-2-23-22(24-10-6-13-27-17-20-9-14-28-18-20)25-16-19-7-5-8-21(15-19)26-11-3-4-12-26;/h3-5,7-8,15,20H,2,6,9-14,16-18H2,1H3,(H2,23,24,25);1H. The second kappa shape index (κ2) is 13.8. The molecule has 0 aliphatic carbocycles. The molecule has 2 aliphatic heterocycles. The van der Waals surface area contributed by atoms with Crippen LogP contribution in [0.25, 0.3) is 0 Å². The summed E-state index contributed by atoms with van der Waals surface area (Å²) in [7, 11) is 0. The van der Waals surface area contributed by atoms with Gasteiger partial charge in [0.15, 0.2) is 5.96 Å². The van der Waals surface area contributed by atoms with E-state index in [1.807, 2.05) is 0 Å². The van der Waals surface area contributed by atoms with Crippen molar-refractivity contribution in [1.29, 1.82) is 0 Å². The third-order valence-electron chi connectivity index (χ3n) is 4.99. The number of rotatable bonds is 10. The molecular formula is C22H35IN4O2. The van der Waals surface area contributed by atoms with Crippen LogP contribution in [0.1, 0.15) is 25.3 Å². The van der Waals surface area contributed by atoms with E-state index in [0.29, 0.717) is 12.5 Å². The number of aliphatic imine (C=N–C) groups is 1. The summed E-state index contributed by atoms with van der Waals surface area (Å²) in [4.78, 5) is 7.09. The van der Waals surface area contributed by atoms with Gasteiger partial charge in [-0.1, -0.05) is 24.3 Å². The molecule has 1 unspecified atom stereocenters. The Bertz CT molecular complexity index is 639. The second-order valence-electron chi connectivity index (χ2n) is 7.33. The fraction of sp³-hybridized carbons (Fsp3) is 0.591. The summed E-state index contributed by atoms with van der Waals surface area (Å²) in [6, 6.07) is 8.66. The van der Waals surface area contributed by atoms with Crippen molar-refractivity contribution in [2.24, 2.45) is 10.9 Å². The number of benzene rings is 1. The Morgan fingerprint density at radius 1 is 1.28 bits per heavy atom. The van der Waals surface area contributed by atoms with E-state index < -0.39 is 0 Å². The van der Waals surface area contributed by atoms with Gasteiger partial charge in [0, 0.05) is 51.0 Å². The molecule has 1 fully saturated rings. The molecule has 2 aliphatic rings. The maximum absolute atomic E-state index is 5.76. The monoisotopic (exact) mass is 514 g/mol. The molecule has 3 rings (SSSR count). The lowest BCUT2D eigenvalue weighted by Gasteiger charge is -2.18. The number of halogens is 1. The number of guanidine groups is 1. The lowest BCUT2D eigenvalue weighted by molar-refractivity contribution is 0.0888. The van der Waals surface area contributed by atoms with E-state index in [1.54, 1.807) is 0 Å². The molecule has 1 aromatic carbocycles. The van der Waals surface area contributed by atoms with Gasteiger partial charge in [-0.25, -0.2) is 4.99 Å². The van der Waals surface area contributed by atoms with Crippen molar-refractivity contribution in [1.82, 2.24) is 10.6 Å². The van der Waals surface area contributed by atoms with Crippen molar-refractivity contribution in [2.45, 2.75) is 26.3 Å². The van der Waals surface area contributed by atoms with Gasteiger partial charge >= 0.3 is 0 Å². The number of anilines is 1. The van der Waals surface area contributed by atoms with Crippen LogP contribution in [0.3, 0.4) is 0 Å². The van der Waals surface area contributed by atoms with Gasteiger partial charge in [-0.05, 0) is 37.5 Å². The third-order valence-corrected chi connectivity index (χ3v) is 4.99. The second-order valence-corrected chi connectivity index (χ2v) is 7.33. The Kier molecular flexibility index (Phi) is 11.4. The van der Waals surface area contributed by atoms with E-state index >= 15 is 0 Å². The molecule has 0 aromatic heterocycles. The Labute approximate surface area is 192 Å². The minimum absolute atomic E-state index is 0. The molecule has 6 nitrogen and oxygen atoms in total. The van der Waals surface area contributed by atoms with E-state index in [9.17, 15) is 0 Å². The molecule has 0 bridgehead atoms. The SMILES string of the molecule is CCNC(=NCc1cccc(N2CC=CC2)c1)NCCCOCC1CCOC1.I. The quantitative estimate of drug-likeness (QED) is 0.165. The van der Waals surface area contributed by atoms with Gasteiger partial charge in [-0.3, -0.25) is 0 Å². The van der Waals surface area contributed by atoms with Crippen molar-refractivity contribution >= 4 is 35.6 Å². The summed E-state index contributed by atoms with van der Waals surface area (Å²) in [5.41, 5.74) is 2.49. The zero-order valence-electron chi connectivity index (χ0n) is 17.4. The van der Waals surface area contributed by atoms with Gasteiger partial charge in [-0.15, -0.1) is 24.0 Å². The largest absolute Gasteiger partial charge is 0.381 e. The lowest BCUT2D eigenvalue weighted by atomic mass is 10.1. The molecule has 1 aromatic rings. The smallest absolute Gasteiger partial charge is 0.191 e. The zero-order valence-corrected chi connectivity index (χ0v) is 19.8.